The first-order valence-corrected chi connectivity index (χ1v) is 10.4. The standard InChI is InChI=1S/C20H17N3O3S2/c21-20(25)13-5-1-2-6-16(13)26-12-19(24)23-15(18-8-4-10-28-18)11-14(22-23)17-7-3-9-27-17/h1-10,15H,11-12H2,(H2,21,25). The Labute approximate surface area is 169 Å². The maximum absolute atomic E-state index is 12.9. The average Bonchev–Trinajstić information content (AvgIpc) is 3.46. The lowest BCUT2D eigenvalue weighted by molar-refractivity contribution is -0.135. The van der Waals surface area contributed by atoms with E-state index in [1.807, 2.05) is 35.0 Å². The Morgan fingerprint density at radius 2 is 1.89 bits per heavy atom. The second-order valence-electron chi connectivity index (χ2n) is 6.15. The van der Waals surface area contributed by atoms with Crippen LogP contribution in [0, 0.1) is 0 Å². The maximum atomic E-state index is 12.9. The summed E-state index contributed by atoms with van der Waals surface area (Å²) in [6, 6.07) is 14.4. The number of amides is 2. The van der Waals surface area contributed by atoms with Crippen LogP contribution in [0.25, 0.3) is 0 Å². The minimum Gasteiger partial charge on any atom is -0.483 e. The van der Waals surface area contributed by atoms with Gasteiger partial charge in [0.05, 0.1) is 22.2 Å². The zero-order chi connectivity index (χ0) is 19.5. The molecule has 3 heterocycles. The van der Waals surface area contributed by atoms with E-state index >= 15 is 0 Å². The predicted molar refractivity (Wildman–Crippen MR) is 110 cm³/mol. The minimum atomic E-state index is -0.598. The van der Waals surface area contributed by atoms with E-state index in [2.05, 4.69) is 5.10 Å². The molecule has 0 bridgehead atoms. The van der Waals surface area contributed by atoms with Crippen molar-refractivity contribution in [3.05, 3.63) is 74.6 Å². The molecule has 0 aliphatic carbocycles. The summed E-state index contributed by atoms with van der Waals surface area (Å²) < 4.78 is 5.61. The number of benzene rings is 1. The van der Waals surface area contributed by atoms with Crippen LogP contribution < -0.4 is 10.5 Å². The van der Waals surface area contributed by atoms with Gasteiger partial charge in [-0.3, -0.25) is 9.59 Å². The largest absolute Gasteiger partial charge is 0.483 e. The van der Waals surface area contributed by atoms with Gasteiger partial charge in [0.2, 0.25) is 0 Å². The van der Waals surface area contributed by atoms with Crippen molar-refractivity contribution < 1.29 is 14.3 Å². The molecule has 3 aromatic rings. The number of nitrogens with zero attached hydrogens (tertiary/aromatic N) is 2. The maximum Gasteiger partial charge on any atom is 0.281 e. The molecule has 142 valence electrons. The molecule has 6 nitrogen and oxygen atoms in total. The molecule has 0 radical (unpaired) electrons. The first-order chi connectivity index (χ1) is 13.6. The second kappa shape index (κ2) is 7.95. The van der Waals surface area contributed by atoms with Gasteiger partial charge in [-0.1, -0.05) is 24.3 Å². The molecule has 0 saturated carbocycles. The Bertz CT molecular complexity index is 1010. The fourth-order valence-electron chi connectivity index (χ4n) is 3.04. The average molecular weight is 412 g/mol. The molecule has 8 heteroatoms. The number of ether oxygens (including phenoxy) is 1. The molecule has 1 atom stereocenters. The van der Waals surface area contributed by atoms with E-state index in [0.717, 1.165) is 15.5 Å². The number of nitrogens with two attached hydrogens (primary N) is 1. The Kier molecular flexibility index (Phi) is 5.23. The number of para-hydroxylation sites is 1. The molecule has 2 N–H and O–H groups in total. The van der Waals surface area contributed by atoms with Crippen LogP contribution in [0.3, 0.4) is 0 Å². The van der Waals surface area contributed by atoms with E-state index in [1.54, 1.807) is 46.9 Å². The zero-order valence-corrected chi connectivity index (χ0v) is 16.4. The number of carbonyl (C=O) groups is 2. The molecule has 0 fully saturated rings. The smallest absolute Gasteiger partial charge is 0.281 e. The van der Waals surface area contributed by atoms with Gasteiger partial charge in [0.25, 0.3) is 11.8 Å². The van der Waals surface area contributed by atoms with Crippen LogP contribution in [0.1, 0.15) is 32.6 Å². The monoisotopic (exact) mass is 411 g/mol. The molecule has 4 rings (SSSR count). The molecular formula is C20H17N3O3S2. The molecule has 1 aliphatic rings. The normalized spacial score (nSPS) is 16.1. The van der Waals surface area contributed by atoms with Crippen LogP contribution in [0.15, 0.2) is 64.4 Å². The van der Waals surface area contributed by atoms with Gasteiger partial charge in [-0.15, -0.1) is 22.7 Å². The molecule has 0 spiro atoms. The zero-order valence-electron chi connectivity index (χ0n) is 14.8. The Balaban J connectivity index is 1.55. The van der Waals surface area contributed by atoms with Gasteiger partial charge in [0.15, 0.2) is 6.61 Å². The summed E-state index contributed by atoms with van der Waals surface area (Å²) in [6.45, 7) is -0.229. The third-order valence-electron chi connectivity index (χ3n) is 4.35. The van der Waals surface area contributed by atoms with Gasteiger partial charge in [-0.25, -0.2) is 5.01 Å². The Morgan fingerprint density at radius 1 is 1.11 bits per heavy atom. The fraction of sp³-hybridized carbons (Fsp3) is 0.150. The predicted octanol–water partition coefficient (Wildman–Crippen LogP) is 3.67. The fourth-order valence-corrected chi connectivity index (χ4v) is 4.57. The molecule has 2 aromatic heterocycles. The molecule has 2 amide bonds. The van der Waals surface area contributed by atoms with Crippen LogP contribution in [0.5, 0.6) is 5.75 Å². The van der Waals surface area contributed by atoms with Crippen molar-refractivity contribution in [2.24, 2.45) is 10.8 Å². The number of primary amides is 1. The van der Waals surface area contributed by atoms with Crippen LogP contribution >= 0.6 is 22.7 Å². The molecule has 0 saturated heterocycles. The molecular weight excluding hydrogens is 394 g/mol. The first-order valence-electron chi connectivity index (χ1n) is 8.62. The minimum absolute atomic E-state index is 0.153. The quantitative estimate of drug-likeness (QED) is 0.672. The summed E-state index contributed by atoms with van der Waals surface area (Å²) >= 11 is 3.20. The number of rotatable bonds is 6. The summed E-state index contributed by atoms with van der Waals surface area (Å²) in [5.41, 5.74) is 6.50. The highest BCUT2D eigenvalue weighted by Gasteiger charge is 2.34. The number of carbonyl (C=O) groups excluding carboxylic acids is 2. The van der Waals surface area contributed by atoms with E-state index in [0.29, 0.717) is 6.42 Å². The molecule has 1 aliphatic heterocycles. The van der Waals surface area contributed by atoms with Crippen LogP contribution in [0.2, 0.25) is 0 Å². The summed E-state index contributed by atoms with van der Waals surface area (Å²) in [7, 11) is 0. The van der Waals surface area contributed by atoms with Gasteiger partial charge in [-0.2, -0.15) is 5.10 Å². The van der Waals surface area contributed by atoms with E-state index in [4.69, 9.17) is 10.5 Å². The third-order valence-corrected chi connectivity index (χ3v) is 6.24. The number of hydrogen-bond donors (Lipinski definition) is 1. The van der Waals surface area contributed by atoms with Crippen molar-refractivity contribution in [3.63, 3.8) is 0 Å². The third kappa shape index (κ3) is 3.69. The highest BCUT2D eigenvalue weighted by molar-refractivity contribution is 7.12. The molecule has 28 heavy (non-hydrogen) atoms. The Morgan fingerprint density at radius 3 is 2.61 bits per heavy atom. The van der Waals surface area contributed by atoms with E-state index in [9.17, 15) is 9.59 Å². The lowest BCUT2D eigenvalue weighted by atomic mass is 10.1. The summed E-state index contributed by atoms with van der Waals surface area (Å²) in [5.74, 6) is -0.583. The highest BCUT2D eigenvalue weighted by Crippen LogP contribution is 2.36. The SMILES string of the molecule is NC(=O)c1ccccc1OCC(=O)N1N=C(c2cccs2)CC1c1cccs1. The van der Waals surface area contributed by atoms with Gasteiger partial charge >= 0.3 is 0 Å². The van der Waals surface area contributed by atoms with Crippen molar-refractivity contribution in [3.8, 4) is 5.75 Å². The van der Waals surface area contributed by atoms with Gasteiger partial charge in [0, 0.05) is 11.3 Å². The van der Waals surface area contributed by atoms with Gasteiger partial charge in [0.1, 0.15) is 5.75 Å². The highest BCUT2D eigenvalue weighted by atomic mass is 32.1. The summed E-state index contributed by atoms with van der Waals surface area (Å²) in [4.78, 5) is 26.6. The van der Waals surface area contributed by atoms with E-state index in [1.165, 1.54) is 5.01 Å². The lowest BCUT2D eigenvalue weighted by Gasteiger charge is -2.21. The summed E-state index contributed by atoms with van der Waals surface area (Å²) in [5, 5.41) is 10.1. The van der Waals surface area contributed by atoms with Crippen molar-refractivity contribution in [2.75, 3.05) is 6.61 Å². The molecule has 1 unspecified atom stereocenters. The number of hydrogen-bond acceptors (Lipinski definition) is 6. The van der Waals surface area contributed by atoms with Crippen molar-refractivity contribution in [2.45, 2.75) is 12.5 Å². The van der Waals surface area contributed by atoms with Crippen LogP contribution in [-0.2, 0) is 4.79 Å². The van der Waals surface area contributed by atoms with Crippen molar-refractivity contribution in [1.29, 1.82) is 0 Å². The van der Waals surface area contributed by atoms with Crippen molar-refractivity contribution in [1.82, 2.24) is 5.01 Å². The van der Waals surface area contributed by atoms with Crippen LogP contribution in [-0.4, -0.2) is 29.1 Å². The topological polar surface area (TPSA) is 85.0 Å². The summed E-state index contributed by atoms with van der Waals surface area (Å²) in [6.07, 6.45) is 0.657. The first kappa shape index (κ1) is 18.4. The molecule has 1 aromatic carbocycles. The van der Waals surface area contributed by atoms with Gasteiger partial charge in [-0.05, 0) is 35.0 Å². The Hall–Kier alpha value is -2.97. The van der Waals surface area contributed by atoms with Gasteiger partial charge < -0.3 is 10.5 Å². The number of hydrazone groups is 1. The lowest BCUT2D eigenvalue weighted by Crippen LogP contribution is -2.31. The second-order valence-corrected chi connectivity index (χ2v) is 8.07. The number of thiophene rings is 2. The van der Waals surface area contributed by atoms with E-state index in [-0.39, 0.29) is 29.9 Å². The van der Waals surface area contributed by atoms with E-state index < -0.39 is 5.91 Å². The van der Waals surface area contributed by atoms with Crippen LogP contribution in [0.4, 0.5) is 0 Å². The van der Waals surface area contributed by atoms with Crippen molar-refractivity contribution >= 4 is 40.2 Å².